The Hall–Kier alpha value is -4.71. The maximum absolute atomic E-state index is 12.9. The summed E-state index contributed by atoms with van der Waals surface area (Å²) < 4.78 is 16.8. The number of carbonyl (C=O) groups is 3. The monoisotopic (exact) mass is 979 g/mol. The lowest BCUT2D eigenvalue weighted by Crippen LogP contribution is -2.30. The van der Waals surface area contributed by atoms with Crippen molar-refractivity contribution in [2.75, 3.05) is 13.2 Å². The highest BCUT2D eigenvalue weighted by Gasteiger charge is 2.19. The van der Waals surface area contributed by atoms with Gasteiger partial charge in [-0.2, -0.15) is 0 Å². The van der Waals surface area contributed by atoms with Gasteiger partial charge in [-0.15, -0.1) is 0 Å². The summed E-state index contributed by atoms with van der Waals surface area (Å²) in [6.45, 7) is 6.23. The Balaban J connectivity index is 4.52. The van der Waals surface area contributed by atoms with E-state index in [-0.39, 0.29) is 37.5 Å². The van der Waals surface area contributed by atoms with Crippen molar-refractivity contribution in [3.63, 3.8) is 0 Å². The van der Waals surface area contributed by atoms with E-state index in [4.69, 9.17) is 14.2 Å². The third-order valence-corrected chi connectivity index (χ3v) is 11.3. The first kappa shape index (κ1) is 66.3. The van der Waals surface area contributed by atoms with Crippen molar-refractivity contribution in [1.82, 2.24) is 0 Å². The van der Waals surface area contributed by atoms with Crippen molar-refractivity contribution >= 4 is 17.9 Å². The zero-order chi connectivity index (χ0) is 51.4. The van der Waals surface area contributed by atoms with Gasteiger partial charge in [0.25, 0.3) is 0 Å². The highest BCUT2D eigenvalue weighted by molar-refractivity contribution is 5.71. The van der Waals surface area contributed by atoms with Crippen molar-refractivity contribution in [3.8, 4) is 0 Å². The predicted molar refractivity (Wildman–Crippen MR) is 306 cm³/mol. The molecule has 0 aromatic heterocycles. The maximum Gasteiger partial charge on any atom is 0.306 e. The summed E-state index contributed by atoms with van der Waals surface area (Å²) in [5.41, 5.74) is 0. The summed E-state index contributed by atoms with van der Waals surface area (Å²) in [6, 6.07) is 0. The van der Waals surface area contributed by atoms with E-state index < -0.39 is 6.10 Å². The Morgan fingerprint density at radius 1 is 0.282 bits per heavy atom. The van der Waals surface area contributed by atoms with Gasteiger partial charge in [0, 0.05) is 19.3 Å². The zero-order valence-electron chi connectivity index (χ0n) is 45.4. The molecule has 398 valence electrons. The van der Waals surface area contributed by atoms with Gasteiger partial charge in [-0.1, -0.05) is 218 Å². The molecule has 0 aliphatic rings. The zero-order valence-corrected chi connectivity index (χ0v) is 45.4. The molecule has 6 nitrogen and oxygen atoms in total. The number of carbonyl (C=O) groups excluding carboxylic acids is 3. The molecule has 0 radical (unpaired) electrons. The van der Waals surface area contributed by atoms with Crippen molar-refractivity contribution in [2.24, 2.45) is 0 Å². The van der Waals surface area contributed by atoms with Crippen LogP contribution in [-0.2, 0) is 28.6 Å². The van der Waals surface area contributed by atoms with Crippen molar-refractivity contribution < 1.29 is 28.6 Å². The topological polar surface area (TPSA) is 78.9 Å². The third-order valence-electron chi connectivity index (χ3n) is 11.3. The normalized spacial score (nSPS) is 13.2. The fourth-order valence-corrected chi connectivity index (χ4v) is 7.18. The summed E-state index contributed by atoms with van der Waals surface area (Å²) in [4.78, 5) is 38.2. The van der Waals surface area contributed by atoms with Gasteiger partial charge in [-0.3, -0.25) is 14.4 Å². The average Bonchev–Trinajstić information content (AvgIpc) is 3.37. The summed E-state index contributed by atoms with van der Waals surface area (Å²) in [5, 5.41) is 0. The lowest BCUT2D eigenvalue weighted by atomic mass is 10.1. The number of allylic oxidation sites excluding steroid dienone is 24. The Bertz CT molecular complexity index is 1590. The van der Waals surface area contributed by atoms with Crippen LogP contribution in [0, 0.1) is 0 Å². The molecule has 1 unspecified atom stereocenters. The van der Waals surface area contributed by atoms with Gasteiger partial charge in [-0.05, 0) is 135 Å². The lowest BCUT2D eigenvalue weighted by molar-refractivity contribution is -0.167. The first-order valence-corrected chi connectivity index (χ1v) is 28.3. The van der Waals surface area contributed by atoms with E-state index in [1.54, 1.807) is 0 Å². The van der Waals surface area contributed by atoms with Crippen LogP contribution in [0.5, 0.6) is 0 Å². The average molecular weight is 980 g/mol. The molecule has 0 aliphatic carbocycles. The van der Waals surface area contributed by atoms with E-state index in [1.807, 2.05) is 0 Å². The number of ether oxygens (including phenoxy) is 3. The van der Waals surface area contributed by atoms with E-state index in [0.717, 1.165) is 186 Å². The van der Waals surface area contributed by atoms with Gasteiger partial charge in [0.05, 0.1) is 0 Å². The highest BCUT2D eigenvalue weighted by atomic mass is 16.6. The van der Waals surface area contributed by atoms with Crippen molar-refractivity contribution in [1.29, 1.82) is 0 Å². The summed E-state index contributed by atoms with van der Waals surface area (Å²) in [7, 11) is 0. The molecule has 0 amide bonds. The summed E-state index contributed by atoms with van der Waals surface area (Å²) >= 11 is 0. The van der Waals surface area contributed by atoms with Crippen LogP contribution in [0.25, 0.3) is 0 Å². The number of unbranched alkanes of at least 4 members (excludes halogenated alkanes) is 14. The van der Waals surface area contributed by atoms with Crippen LogP contribution in [0.15, 0.2) is 146 Å². The van der Waals surface area contributed by atoms with E-state index in [9.17, 15) is 14.4 Å². The Morgan fingerprint density at radius 3 is 0.789 bits per heavy atom. The van der Waals surface area contributed by atoms with Gasteiger partial charge in [0.2, 0.25) is 0 Å². The van der Waals surface area contributed by atoms with Crippen LogP contribution in [0.2, 0.25) is 0 Å². The third kappa shape index (κ3) is 56.1. The second kappa shape index (κ2) is 57.9. The molecule has 0 spiro atoms. The van der Waals surface area contributed by atoms with Gasteiger partial charge in [-0.25, -0.2) is 0 Å². The van der Waals surface area contributed by atoms with Crippen LogP contribution >= 0.6 is 0 Å². The van der Waals surface area contributed by atoms with E-state index >= 15 is 0 Å². The fourth-order valence-electron chi connectivity index (χ4n) is 7.18. The molecule has 0 aliphatic heterocycles. The molecule has 0 heterocycles. The Kier molecular flexibility index (Phi) is 54.0. The number of esters is 3. The van der Waals surface area contributed by atoms with Gasteiger partial charge in [0.1, 0.15) is 13.2 Å². The number of hydrogen-bond acceptors (Lipinski definition) is 6. The molecule has 0 aromatic carbocycles. The molecule has 0 fully saturated rings. The molecule has 0 bridgehead atoms. The predicted octanol–water partition coefficient (Wildman–Crippen LogP) is 19.2. The number of hydrogen-bond donors (Lipinski definition) is 0. The van der Waals surface area contributed by atoms with Gasteiger partial charge < -0.3 is 14.2 Å². The molecule has 1 atom stereocenters. The first-order chi connectivity index (χ1) is 35.0. The second-order valence-electron chi connectivity index (χ2n) is 18.0. The van der Waals surface area contributed by atoms with E-state index in [0.29, 0.717) is 12.8 Å². The van der Waals surface area contributed by atoms with Crippen LogP contribution < -0.4 is 0 Å². The minimum atomic E-state index is -0.814. The lowest BCUT2D eigenvalue weighted by Gasteiger charge is -2.18. The molecular formula is C65H102O6. The van der Waals surface area contributed by atoms with E-state index in [2.05, 4.69) is 167 Å². The number of rotatable bonds is 49. The smallest absolute Gasteiger partial charge is 0.306 e. The fraction of sp³-hybridized carbons (Fsp3) is 0.585. The highest BCUT2D eigenvalue weighted by Crippen LogP contribution is 2.13. The molecule has 0 rings (SSSR count). The van der Waals surface area contributed by atoms with Crippen LogP contribution in [0.1, 0.15) is 226 Å². The molecule has 0 aromatic rings. The van der Waals surface area contributed by atoms with Gasteiger partial charge in [0.15, 0.2) is 6.10 Å². The minimum Gasteiger partial charge on any atom is -0.462 e. The Labute approximate surface area is 436 Å². The van der Waals surface area contributed by atoms with Crippen LogP contribution in [0.3, 0.4) is 0 Å². The maximum atomic E-state index is 12.9. The standard InChI is InChI=1S/C65H102O6/c1-4-7-10-13-16-19-22-25-28-30-31-32-33-35-37-40-43-46-49-52-55-58-64(67)70-61-62(60-69-63(66)57-54-51-48-45-42-39-36-27-24-21-18-15-12-9-6-3)71-65(68)59-56-53-50-47-44-41-38-34-29-26-23-20-17-14-11-8-5-2/h7-12,16-21,25-29,31-32,35-38,41,62H,4-6,13-15,22-24,30,33-34,39-40,42-61H2,1-3H3/b10-7-,11-8-,12-9-,19-16-,20-17-,21-18-,28-25-,29-26-,32-31-,36-27-,37-35-,41-38-. The SMILES string of the molecule is CC/C=C\C/C=C\C/C=C\C/C=C\C/C=C\CCCCCCCC(=O)OCC(COC(=O)CCCCCCC/C=C\C/C=C\C/C=C\CC)OC(=O)CCCCCC/C=C\C/C=C\C/C=C\C/C=C\CC. The first-order valence-electron chi connectivity index (χ1n) is 28.3. The van der Waals surface area contributed by atoms with Crippen LogP contribution in [0.4, 0.5) is 0 Å². The van der Waals surface area contributed by atoms with Gasteiger partial charge >= 0.3 is 17.9 Å². The molecule has 6 heteroatoms. The van der Waals surface area contributed by atoms with E-state index in [1.165, 1.54) is 0 Å². The quantitative estimate of drug-likeness (QED) is 0.0262. The van der Waals surface area contributed by atoms with Crippen LogP contribution in [-0.4, -0.2) is 37.2 Å². The Morgan fingerprint density at radius 2 is 0.507 bits per heavy atom. The molecular weight excluding hydrogens is 877 g/mol. The molecule has 71 heavy (non-hydrogen) atoms. The van der Waals surface area contributed by atoms with Crippen molar-refractivity contribution in [3.05, 3.63) is 146 Å². The molecule has 0 saturated heterocycles. The molecule has 0 N–H and O–H groups in total. The minimum absolute atomic E-state index is 0.110. The summed E-state index contributed by atoms with van der Waals surface area (Å²) in [5.74, 6) is -0.975. The summed E-state index contributed by atoms with van der Waals surface area (Å²) in [6.07, 6.45) is 82.6. The van der Waals surface area contributed by atoms with Crippen molar-refractivity contribution in [2.45, 2.75) is 232 Å². The molecule has 0 saturated carbocycles. The largest absolute Gasteiger partial charge is 0.462 e. The second-order valence-corrected chi connectivity index (χ2v) is 18.0.